The van der Waals surface area contributed by atoms with Gasteiger partial charge in [-0.3, -0.25) is 4.79 Å². The summed E-state index contributed by atoms with van der Waals surface area (Å²) in [4.78, 5) is 16.1. The maximum atomic E-state index is 12.2. The first-order chi connectivity index (χ1) is 11.0. The third kappa shape index (κ3) is 5.63. The summed E-state index contributed by atoms with van der Waals surface area (Å²) >= 11 is 8.74. The van der Waals surface area contributed by atoms with Gasteiger partial charge in [0.2, 0.25) is 11.0 Å². The molecule has 23 heavy (non-hydrogen) atoms. The van der Waals surface area contributed by atoms with Crippen LogP contribution in [0.3, 0.4) is 0 Å². The lowest BCUT2D eigenvalue weighted by molar-refractivity contribution is -0.115. The SMILES string of the molecule is CC(C)CNc1nnc(S[C@@H](C)C(=O)Nc2cccnc2Cl)s1. The van der Waals surface area contributed by atoms with Crippen LogP contribution < -0.4 is 10.6 Å². The van der Waals surface area contributed by atoms with Gasteiger partial charge in [-0.25, -0.2) is 4.98 Å². The van der Waals surface area contributed by atoms with Gasteiger partial charge in [0.1, 0.15) is 0 Å². The highest BCUT2D eigenvalue weighted by molar-refractivity contribution is 8.02. The topological polar surface area (TPSA) is 79.8 Å². The zero-order valence-electron chi connectivity index (χ0n) is 13.0. The molecule has 0 aliphatic carbocycles. The van der Waals surface area contributed by atoms with Gasteiger partial charge >= 0.3 is 0 Å². The number of amides is 1. The summed E-state index contributed by atoms with van der Waals surface area (Å²) in [5.74, 6) is 0.376. The average molecular weight is 372 g/mol. The van der Waals surface area contributed by atoms with Crippen molar-refractivity contribution in [2.45, 2.75) is 30.4 Å². The Bertz CT molecular complexity index is 664. The van der Waals surface area contributed by atoms with Gasteiger partial charge in [-0.2, -0.15) is 0 Å². The number of carbonyl (C=O) groups excluding carboxylic acids is 1. The first-order valence-electron chi connectivity index (χ1n) is 7.11. The number of rotatable bonds is 7. The molecule has 2 rings (SSSR count). The summed E-state index contributed by atoms with van der Waals surface area (Å²) in [6, 6.07) is 3.43. The Balaban J connectivity index is 1.90. The van der Waals surface area contributed by atoms with Gasteiger partial charge in [-0.15, -0.1) is 10.2 Å². The Kier molecular flexibility index (Phi) is 6.61. The molecule has 1 atom stereocenters. The predicted molar refractivity (Wildman–Crippen MR) is 96.4 cm³/mol. The Morgan fingerprint density at radius 1 is 1.39 bits per heavy atom. The van der Waals surface area contributed by atoms with Crippen molar-refractivity contribution in [3.8, 4) is 0 Å². The zero-order valence-corrected chi connectivity index (χ0v) is 15.4. The van der Waals surface area contributed by atoms with Crippen molar-refractivity contribution in [2.24, 2.45) is 5.92 Å². The van der Waals surface area contributed by atoms with Gasteiger partial charge in [0.05, 0.1) is 10.9 Å². The van der Waals surface area contributed by atoms with E-state index >= 15 is 0 Å². The largest absolute Gasteiger partial charge is 0.360 e. The minimum atomic E-state index is -0.322. The van der Waals surface area contributed by atoms with Crippen LogP contribution in [-0.4, -0.2) is 32.9 Å². The molecule has 6 nitrogen and oxygen atoms in total. The van der Waals surface area contributed by atoms with E-state index in [1.165, 1.54) is 23.1 Å². The molecule has 2 aromatic rings. The van der Waals surface area contributed by atoms with Gasteiger partial charge in [-0.05, 0) is 25.0 Å². The predicted octanol–water partition coefficient (Wildman–Crippen LogP) is 3.77. The molecule has 0 bridgehead atoms. The Hall–Kier alpha value is -1.38. The summed E-state index contributed by atoms with van der Waals surface area (Å²) in [5, 5.41) is 14.9. The first kappa shape index (κ1) is 18.0. The normalized spacial score (nSPS) is 12.2. The van der Waals surface area contributed by atoms with Crippen LogP contribution in [0.2, 0.25) is 5.15 Å². The lowest BCUT2D eigenvalue weighted by atomic mass is 10.2. The van der Waals surface area contributed by atoms with Crippen LogP contribution in [0.25, 0.3) is 0 Å². The van der Waals surface area contributed by atoms with E-state index in [0.29, 0.717) is 11.6 Å². The third-order valence-corrected chi connectivity index (χ3v) is 5.10. The van der Waals surface area contributed by atoms with Crippen LogP contribution in [0.5, 0.6) is 0 Å². The van der Waals surface area contributed by atoms with Crippen molar-refractivity contribution < 1.29 is 4.79 Å². The summed E-state index contributed by atoms with van der Waals surface area (Å²) in [6.07, 6.45) is 1.57. The van der Waals surface area contributed by atoms with E-state index in [9.17, 15) is 4.79 Å². The van der Waals surface area contributed by atoms with Crippen LogP contribution in [-0.2, 0) is 4.79 Å². The van der Waals surface area contributed by atoms with Gasteiger partial charge in [0.15, 0.2) is 9.49 Å². The average Bonchev–Trinajstić information content (AvgIpc) is 2.95. The first-order valence-corrected chi connectivity index (χ1v) is 9.18. The van der Waals surface area contributed by atoms with Crippen LogP contribution >= 0.6 is 34.7 Å². The van der Waals surface area contributed by atoms with Crippen LogP contribution in [0.4, 0.5) is 10.8 Å². The molecule has 2 heterocycles. The number of hydrogen-bond acceptors (Lipinski definition) is 7. The Morgan fingerprint density at radius 2 is 2.17 bits per heavy atom. The maximum absolute atomic E-state index is 12.2. The molecule has 0 fully saturated rings. The number of hydrogen-bond donors (Lipinski definition) is 2. The highest BCUT2D eigenvalue weighted by Gasteiger charge is 2.18. The smallest absolute Gasteiger partial charge is 0.237 e. The molecule has 0 aliphatic rings. The summed E-state index contributed by atoms with van der Waals surface area (Å²) in [7, 11) is 0. The second kappa shape index (κ2) is 8.47. The number of pyridine rings is 1. The molecule has 0 unspecified atom stereocenters. The second-order valence-electron chi connectivity index (χ2n) is 5.24. The number of aromatic nitrogens is 3. The van der Waals surface area contributed by atoms with Gasteiger partial charge in [-0.1, -0.05) is 48.5 Å². The molecule has 0 aliphatic heterocycles. The standard InChI is InChI=1S/C14H18ClN5OS2/c1-8(2)7-17-13-19-20-14(23-13)22-9(3)12(21)18-10-5-4-6-16-11(10)15/h4-6,8-9H,7H2,1-3H3,(H,17,19)(H,18,21)/t9-/m0/s1. The number of nitrogens with zero attached hydrogens (tertiary/aromatic N) is 3. The molecule has 124 valence electrons. The van der Waals surface area contributed by atoms with Crippen LogP contribution in [0, 0.1) is 5.92 Å². The van der Waals surface area contributed by atoms with E-state index in [-0.39, 0.29) is 16.3 Å². The molecule has 2 aromatic heterocycles. The van der Waals surface area contributed by atoms with Crippen LogP contribution in [0.15, 0.2) is 22.7 Å². The number of nitrogens with one attached hydrogen (secondary N) is 2. The van der Waals surface area contributed by atoms with E-state index in [1.54, 1.807) is 18.3 Å². The van der Waals surface area contributed by atoms with Crippen molar-refractivity contribution in [2.75, 3.05) is 17.2 Å². The molecule has 0 saturated carbocycles. The van der Waals surface area contributed by atoms with Crippen molar-refractivity contribution in [1.82, 2.24) is 15.2 Å². The fourth-order valence-electron chi connectivity index (χ4n) is 1.54. The number of halogens is 1. The number of carbonyl (C=O) groups is 1. The monoisotopic (exact) mass is 371 g/mol. The van der Waals surface area contributed by atoms with Crippen molar-refractivity contribution in [3.05, 3.63) is 23.5 Å². The summed E-state index contributed by atoms with van der Waals surface area (Å²) in [6.45, 7) is 6.90. The molecule has 0 aromatic carbocycles. The lowest BCUT2D eigenvalue weighted by Gasteiger charge is -2.10. The third-order valence-electron chi connectivity index (χ3n) is 2.73. The van der Waals surface area contributed by atoms with E-state index in [2.05, 4.69) is 39.7 Å². The molecule has 9 heteroatoms. The van der Waals surface area contributed by atoms with Crippen molar-refractivity contribution >= 4 is 51.4 Å². The fourth-order valence-corrected chi connectivity index (χ4v) is 3.61. The minimum Gasteiger partial charge on any atom is -0.360 e. The highest BCUT2D eigenvalue weighted by Crippen LogP contribution is 2.30. The van der Waals surface area contributed by atoms with E-state index < -0.39 is 0 Å². The maximum Gasteiger partial charge on any atom is 0.237 e. The molecule has 0 saturated heterocycles. The fraction of sp³-hybridized carbons (Fsp3) is 0.429. The van der Waals surface area contributed by atoms with E-state index in [1.807, 2.05) is 6.92 Å². The number of thioether (sulfide) groups is 1. The molecule has 2 N–H and O–H groups in total. The number of anilines is 2. The molecular formula is C14H18ClN5OS2. The Labute approximate surface area is 148 Å². The molecular weight excluding hydrogens is 354 g/mol. The highest BCUT2D eigenvalue weighted by atomic mass is 35.5. The summed E-state index contributed by atoms with van der Waals surface area (Å²) in [5.41, 5.74) is 0.503. The second-order valence-corrected chi connectivity index (χ2v) is 8.16. The van der Waals surface area contributed by atoms with E-state index in [4.69, 9.17) is 11.6 Å². The summed E-state index contributed by atoms with van der Waals surface area (Å²) < 4.78 is 0.746. The lowest BCUT2D eigenvalue weighted by Crippen LogP contribution is -2.22. The van der Waals surface area contributed by atoms with Gasteiger partial charge in [0, 0.05) is 12.7 Å². The van der Waals surface area contributed by atoms with Gasteiger partial charge < -0.3 is 10.6 Å². The van der Waals surface area contributed by atoms with Crippen molar-refractivity contribution in [3.63, 3.8) is 0 Å². The van der Waals surface area contributed by atoms with Crippen molar-refractivity contribution in [1.29, 1.82) is 0 Å². The van der Waals surface area contributed by atoms with Gasteiger partial charge in [0.25, 0.3) is 0 Å². The van der Waals surface area contributed by atoms with E-state index in [0.717, 1.165) is 16.0 Å². The molecule has 1 amide bonds. The molecule has 0 spiro atoms. The minimum absolute atomic E-state index is 0.156. The van der Waals surface area contributed by atoms with Crippen LogP contribution in [0.1, 0.15) is 20.8 Å². The zero-order chi connectivity index (χ0) is 16.8. The quantitative estimate of drug-likeness (QED) is 0.569. The Morgan fingerprint density at radius 3 is 2.87 bits per heavy atom. The molecule has 0 radical (unpaired) electrons.